The molecule has 1 aromatic rings. The second kappa shape index (κ2) is 6.62. The third-order valence-electron chi connectivity index (χ3n) is 3.13. The molecule has 21 heavy (non-hydrogen) atoms. The first-order valence-electron chi connectivity index (χ1n) is 6.39. The van der Waals surface area contributed by atoms with Crippen LogP contribution in [-0.2, 0) is 30.4 Å². The minimum atomic E-state index is -3.76. The zero-order valence-electron chi connectivity index (χ0n) is 11.2. The van der Waals surface area contributed by atoms with Gasteiger partial charge in [0.2, 0.25) is 10.0 Å². The number of hydrogen-bond acceptors (Lipinski definition) is 5. The molecular formula is C12H16ClNO5S2. The fraction of sp³-hybridized carbons (Fsp3) is 0.500. The molecule has 0 spiro atoms. The van der Waals surface area contributed by atoms with Crippen LogP contribution in [0, 0.1) is 0 Å². The lowest BCUT2D eigenvalue weighted by molar-refractivity contribution is 0.127. The average molecular weight is 354 g/mol. The molecule has 0 aliphatic carbocycles. The molecule has 0 amide bonds. The van der Waals surface area contributed by atoms with Gasteiger partial charge in [0.05, 0.1) is 16.8 Å². The Kier molecular flexibility index (Phi) is 5.26. The van der Waals surface area contributed by atoms with Crippen molar-refractivity contribution in [1.29, 1.82) is 0 Å². The van der Waals surface area contributed by atoms with E-state index in [1.54, 1.807) is 0 Å². The predicted octanol–water partition coefficient (Wildman–Crippen LogP) is 1.21. The summed E-state index contributed by atoms with van der Waals surface area (Å²) < 4.78 is 53.7. The van der Waals surface area contributed by atoms with E-state index in [4.69, 9.17) is 15.4 Å². The number of rotatable bonds is 6. The standard InChI is InChI=1S/C12H16ClNO5S2/c13-21(17,18)12-5-3-10(4-6-12)8-14-20(15,16)9-11-2-1-7-19-11/h3-6,11,14H,1-2,7-9H2. The zero-order valence-corrected chi connectivity index (χ0v) is 13.5. The number of halogens is 1. The second-order valence-corrected chi connectivity index (χ2v) is 9.24. The largest absolute Gasteiger partial charge is 0.377 e. The van der Waals surface area contributed by atoms with E-state index in [2.05, 4.69) is 4.72 Å². The van der Waals surface area contributed by atoms with Crippen molar-refractivity contribution in [3.63, 3.8) is 0 Å². The molecule has 0 aromatic heterocycles. The molecule has 0 bridgehead atoms. The molecule has 2 rings (SSSR count). The molecule has 1 aliphatic heterocycles. The van der Waals surface area contributed by atoms with Gasteiger partial charge in [-0.1, -0.05) is 12.1 Å². The third-order valence-corrected chi connectivity index (χ3v) is 5.89. The summed E-state index contributed by atoms with van der Waals surface area (Å²) in [5, 5.41) is 0. The maximum absolute atomic E-state index is 11.9. The van der Waals surface area contributed by atoms with Crippen molar-refractivity contribution in [2.45, 2.75) is 30.4 Å². The quantitative estimate of drug-likeness (QED) is 0.776. The van der Waals surface area contributed by atoms with Crippen molar-refractivity contribution in [1.82, 2.24) is 4.72 Å². The summed E-state index contributed by atoms with van der Waals surface area (Å²) in [4.78, 5) is -0.0184. The summed E-state index contributed by atoms with van der Waals surface area (Å²) in [5.74, 6) is -0.0544. The van der Waals surface area contributed by atoms with Crippen LogP contribution in [0.25, 0.3) is 0 Å². The lowest BCUT2D eigenvalue weighted by Gasteiger charge is -2.11. The lowest BCUT2D eigenvalue weighted by Crippen LogP contribution is -2.31. The molecule has 1 saturated heterocycles. The maximum atomic E-state index is 11.9. The number of hydrogen-bond donors (Lipinski definition) is 1. The molecule has 0 radical (unpaired) electrons. The van der Waals surface area contributed by atoms with Gasteiger partial charge >= 0.3 is 0 Å². The Labute approximate surface area is 128 Å². The number of benzene rings is 1. The Hall–Kier alpha value is -0.670. The average Bonchev–Trinajstić information content (AvgIpc) is 2.88. The predicted molar refractivity (Wildman–Crippen MR) is 79.1 cm³/mol. The van der Waals surface area contributed by atoms with Crippen LogP contribution in [0.4, 0.5) is 0 Å². The highest BCUT2D eigenvalue weighted by Crippen LogP contribution is 2.16. The molecule has 6 nitrogen and oxygen atoms in total. The molecule has 1 aromatic carbocycles. The number of nitrogens with one attached hydrogen (secondary N) is 1. The third kappa shape index (κ3) is 5.23. The molecule has 1 unspecified atom stereocenters. The molecule has 0 saturated carbocycles. The van der Waals surface area contributed by atoms with Crippen molar-refractivity contribution >= 4 is 29.8 Å². The Morgan fingerprint density at radius 2 is 1.86 bits per heavy atom. The monoisotopic (exact) mass is 353 g/mol. The van der Waals surface area contributed by atoms with Gasteiger partial charge in [0, 0.05) is 23.8 Å². The highest BCUT2D eigenvalue weighted by molar-refractivity contribution is 8.13. The Morgan fingerprint density at radius 3 is 2.38 bits per heavy atom. The first-order chi connectivity index (χ1) is 9.76. The van der Waals surface area contributed by atoms with Crippen molar-refractivity contribution in [2.24, 2.45) is 0 Å². The zero-order chi connectivity index (χ0) is 15.5. The SMILES string of the molecule is O=S(=O)(CC1CCCO1)NCc1ccc(S(=O)(=O)Cl)cc1. The Morgan fingerprint density at radius 1 is 1.19 bits per heavy atom. The molecular weight excluding hydrogens is 338 g/mol. The molecule has 9 heteroatoms. The van der Waals surface area contributed by atoms with Crippen molar-refractivity contribution in [3.8, 4) is 0 Å². The molecule has 1 fully saturated rings. The second-order valence-electron chi connectivity index (χ2n) is 4.82. The van der Waals surface area contributed by atoms with E-state index in [0.29, 0.717) is 12.2 Å². The fourth-order valence-corrected chi connectivity index (χ4v) is 4.07. The van der Waals surface area contributed by atoms with E-state index in [-0.39, 0.29) is 23.3 Å². The van der Waals surface area contributed by atoms with Gasteiger partial charge in [-0.05, 0) is 30.5 Å². The fourth-order valence-electron chi connectivity index (χ4n) is 2.04. The van der Waals surface area contributed by atoms with Crippen LogP contribution in [0.5, 0.6) is 0 Å². The minimum Gasteiger partial charge on any atom is -0.377 e. The topological polar surface area (TPSA) is 89.5 Å². The van der Waals surface area contributed by atoms with Gasteiger partial charge in [0.1, 0.15) is 0 Å². The first-order valence-corrected chi connectivity index (χ1v) is 10.3. The number of sulfonamides is 1. The van der Waals surface area contributed by atoms with Gasteiger partial charge < -0.3 is 4.74 Å². The van der Waals surface area contributed by atoms with Crippen molar-refractivity contribution in [3.05, 3.63) is 29.8 Å². The van der Waals surface area contributed by atoms with Crippen molar-refractivity contribution < 1.29 is 21.6 Å². The molecule has 1 N–H and O–H groups in total. The molecule has 118 valence electrons. The normalized spacial score (nSPS) is 19.8. The first kappa shape index (κ1) is 16.7. The van der Waals surface area contributed by atoms with Crippen LogP contribution in [0.2, 0.25) is 0 Å². The summed E-state index contributed by atoms with van der Waals surface area (Å²) in [7, 11) is -1.98. The smallest absolute Gasteiger partial charge is 0.261 e. The van der Waals surface area contributed by atoms with E-state index in [9.17, 15) is 16.8 Å². The van der Waals surface area contributed by atoms with Gasteiger partial charge in [-0.3, -0.25) is 0 Å². The van der Waals surface area contributed by atoms with Crippen molar-refractivity contribution in [2.75, 3.05) is 12.4 Å². The molecule has 1 heterocycles. The summed E-state index contributed by atoms with van der Waals surface area (Å²) in [6, 6.07) is 5.71. The van der Waals surface area contributed by atoms with Crippen LogP contribution < -0.4 is 4.72 Å². The van der Waals surface area contributed by atoms with Crippen LogP contribution in [0.1, 0.15) is 18.4 Å². The summed E-state index contributed by atoms with van der Waals surface area (Å²) in [6.07, 6.45) is 1.39. The van der Waals surface area contributed by atoms with Crippen LogP contribution in [0.3, 0.4) is 0 Å². The van der Waals surface area contributed by atoms with E-state index < -0.39 is 19.1 Å². The van der Waals surface area contributed by atoms with Crippen LogP contribution in [-0.4, -0.2) is 35.3 Å². The maximum Gasteiger partial charge on any atom is 0.261 e. The lowest BCUT2D eigenvalue weighted by atomic mass is 10.2. The van der Waals surface area contributed by atoms with Gasteiger partial charge in [0.25, 0.3) is 9.05 Å². The summed E-state index contributed by atoms with van der Waals surface area (Å²) >= 11 is 0. The van der Waals surface area contributed by atoms with E-state index >= 15 is 0 Å². The summed E-state index contributed by atoms with van der Waals surface area (Å²) in [5.41, 5.74) is 0.648. The minimum absolute atomic E-state index is 0.0184. The number of ether oxygens (including phenoxy) is 1. The van der Waals surface area contributed by atoms with E-state index in [0.717, 1.165) is 12.8 Å². The highest BCUT2D eigenvalue weighted by Gasteiger charge is 2.23. The van der Waals surface area contributed by atoms with Gasteiger partial charge in [-0.15, -0.1) is 0 Å². The van der Waals surface area contributed by atoms with Gasteiger partial charge in [-0.2, -0.15) is 0 Å². The van der Waals surface area contributed by atoms with Crippen LogP contribution >= 0.6 is 10.7 Å². The highest BCUT2D eigenvalue weighted by atomic mass is 35.7. The van der Waals surface area contributed by atoms with Gasteiger partial charge in [-0.25, -0.2) is 21.6 Å². The molecule has 1 aliphatic rings. The Bertz CT molecular complexity index is 679. The Balaban J connectivity index is 1.93. The molecule has 1 atom stereocenters. The van der Waals surface area contributed by atoms with Gasteiger partial charge in [0.15, 0.2) is 0 Å². The van der Waals surface area contributed by atoms with E-state index in [1.165, 1.54) is 24.3 Å². The van der Waals surface area contributed by atoms with E-state index in [1.807, 2.05) is 0 Å². The summed E-state index contributed by atoms with van der Waals surface area (Å²) in [6.45, 7) is 0.701. The van der Waals surface area contributed by atoms with Crippen LogP contribution in [0.15, 0.2) is 29.2 Å².